The molecule has 0 aliphatic heterocycles. The molecular weight excluding hydrogens is 290 g/mol. The van der Waals surface area contributed by atoms with E-state index in [2.05, 4.69) is 25.8 Å². The van der Waals surface area contributed by atoms with Crippen molar-refractivity contribution in [3.05, 3.63) is 50.4 Å². The number of hydrogen-bond acceptors (Lipinski definition) is 3. The maximum absolute atomic E-state index is 7.71. The van der Waals surface area contributed by atoms with Crippen LogP contribution < -0.4 is 5.73 Å². The van der Waals surface area contributed by atoms with Gasteiger partial charge in [-0.3, -0.25) is 5.41 Å². The van der Waals surface area contributed by atoms with E-state index in [1.165, 1.54) is 11.3 Å². The number of amidine groups is 1. The molecule has 0 unspecified atom stereocenters. The molecule has 1 aromatic heterocycles. The maximum Gasteiger partial charge on any atom is 0.135 e. The van der Waals surface area contributed by atoms with Crippen LogP contribution >= 0.6 is 22.9 Å². The van der Waals surface area contributed by atoms with Gasteiger partial charge >= 0.3 is 0 Å². The second kappa shape index (κ2) is 5.54. The number of nitrogens with two attached hydrogens (primary N) is 1. The monoisotopic (exact) mass is 307 g/mol. The fourth-order valence-electron chi connectivity index (χ4n) is 1.95. The fourth-order valence-corrected chi connectivity index (χ4v) is 3.34. The summed E-state index contributed by atoms with van der Waals surface area (Å²) in [4.78, 5) is 5.45. The van der Waals surface area contributed by atoms with Crippen molar-refractivity contribution in [3.63, 3.8) is 0 Å². The van der Waals surface area contributed by atoms with Crippen molar-refractivity contribution in [3.8, 4) is 0 Å². The van der Waals surface area contributed by atoms with Gasteiger partial charge in [-0.1, -0.05) is 44.5 Å². The van der Waals surface area contributed by atoms with E-state index in [1.807, 2.05) is 24.3 Å². The van der Waals surface area contributed by atoms with Crippen molar-refractivity contribution in [2.45, 2.75) is 32.6 Å². The van der Waals surface area contributed by atoms with Crippen LogP contribution in [0.5, 0.6) is 0 Å². The molecule has 1 aromatic carbocycles. The third-order valence-electron chi connectivity index (χ3n) is 2.87. The number of aromatic nitrogens is 1. The third kappa shape index (κ3) is 3.38. The summed E-state index contributed by atoms with van der Waals surface area (Å²) in [5, 5.41) is 9.39. The number of nitrogens with one attached hydrogen (secondary N) is 1. The van der Waals surface area contributed by atoms with E-state index in [9.17, 15) is 0 Å². The molecule has 0 atom stereocenters. The normalized spacial score (nSPS) is 11.6. The average molecular weight is 308 g/mol. The van der Waals surface area contributed by atoms with E-state index in [-0.39, 0.29) is 11.3 Å². The molecule has 0 aliphatic carbocycles. The zero-order valence-corrected chi connectivity index (χ0v) is 13.4. The van der Waals surface area contributed by atoms with Crippen molar-refractivity contribution in [2.75, 3.05) is 0 Å². The number of halogens is 1. The lowest BCUT2D eigenvalue weighted by Gasteiger charge is -2.16. The van der Waals surface area contributed by atoms with Gasteiger partial charge in [0.25, 0.3) is 0 Å². The zero-order chi connectivity index (χ0) is 14.9. The molecule has 106 valence electrons. The van der Waals surface area contributed by atoms with Gasteiger partial charge in [-0.15, -0.1) is 11.3 Å². The highest BCUT2D eigenvalue weighted by Crippen LogP contribution is 2.30. The molecule has 3 nitrogen and oxygen atoms in total. The predicted molar refractivity (Wildman–Crippen MR) is 86.1 cm³/mol. The Morgan fingerprint density at radius 1 is 1.40 bits per heavy atom. The van der Waals surface area contributed by atoms with Crippen LogP contribution in [-0.4, -0.2) is 10.8 Å². The topological polar surface area (TPSA) is 62.8 Å². The summed E-state index contributed by atoms with van der Waals surface area (Å²) in [5.41, 5.74) is 7.56. The van der Waals surface area contributed by atoms with Crippen LogP contribution in [0, 0.1) is 5.41 Å². The number of nitrogens with zero attached hydrogens (tertiary/aromatic N) is 1. The molecule has 0 aliphatic rings. The first-order chi connectivity index (χ1) is 9.27. The van der Waals surface area contributed by atoms with E-state index in [0.717, 1.165) is 26.2 Å². The lowest BCUT2D eigenvalue weighted by atomic mass is 9.91. The Balaban J connectivity index is 2.37. The highest BCUT2D eigenvalue weighted by atomic mass is 35.5. The first kappa shape index (κ1) is 15.0. The summed E-state index contributed by atoms with van der Waals surface area (Å²) in [5.74, 6) is 0.0877. The minimum absolute atomic E-state index is 0.0877. The highest BCUT2D eigenvalue weighted by Gasteiger charge is 2.24. The lowest BCUT2D eigenvalue weighted by molar-refractivity contribution is 0.570. The number of nitrogen functional groups attached to an aromatic ring is 1. The molecule has 0 fully saturated rings. The molecule has 3 N–H and O–H groups in total. The van der Waals surface area contributed by atoms with Gasteiger partial charge < -0.3 is 5.73 Å². The van der Waals surface area contributed by atoms with E-state index >= 15 is 0 Å². The van der Waals surface area contributed by atoms with Crippen LogP contribution in [0.1, 0.15) is 41.9 Å². The molecule has 2 rings (SSSR count). The van der Waals surface area contributed by atoms with Crippen LogP contribution in [0.3, 0.4) is 0 Å². The van der Waals surface area contributed by atoms with Gasteiger partial charge in [-0.25, -0.2) is 4.98 Å². The molecule has 0 bridgehead atoms. The smallest absolute Gasteiger partial charge is 0.135 e. The van der Waals surface area contributed by atoms with Gasteiger partial charge in [-0.05, 0) is 17.7 Å². The molecule has 0 radical (unpaired) electrons. The largest absolute Gasteiger partial charge is 0.383 e. The molecular formula is C15H18ClN3S. The lowest BCUT2D eigenvalue weighted by Crippen LogP contribution is -2.19. The second-order valence-electron chi connectivity index (χ2n) is 5.76. The Morgan fingerprint density at radius 3 is 2.60 bits per heavy atom. The Labute approximate surface area is 128 Å². The Bertz CT molecular complexity index is 641. The molecule has 0 amide bonds. The minimum Gasteiger partial charge on any atom is -0.383 e. The van der Waals surface area contributed by atoms with Gasteiger partial charge in [0.1, 0.15) is 5.84 Å². The van der Waals surface area contributed by atoms with Gasteiger partial charge in [0.15, 0.2) is 0 Å². The average Bonchev–Trinajstić information content (AvgIpc) is 2.73. The second-order valence-corrected chi connectivity index (χ2v) is 7.28. The summed E-state index contributed by atoms with van der Waals surface area (Å²) in [6.07, 6.45) is 0.710. The van der Waals surface area contributed by atoms with Crippen LogP contribution in [0.4, 0.5) is 0 Å². The predicted octanol–water partition coefficient (Wildman–Crippen LogP) is 3.97. The molecule has 1 heterocycles. The first-order valence-corrected chi connectivity index (χ1v) is 7.56. The van der Waals surface area contributed by atoms with Crippen molar-refractivity contribution in [2.24, 2.45) is 5.73 Å². The van der Waals surface area contributed by atoms with Gasteiger partial charge in [0, 0.05) is 16.9 Å². The van der Waals surface area contributed by atoms with Crippen LogP contribution in [0.15, 0.2) is 24.3 Å². The van der Waals surface area contributed by atoms with Gasteiger partial charge in [0.2, 0.25) is 0 Å². The number of benzene rings is 1. The molecule has 2 aromatic rings. The summed E-state index contributed by atoms with van der Waals surface area (Å²) in [6.45, 7) is 6.24. The van der Waals surface area contributed by atoms with Crippen LogP contribution in [0.2, 0.25) is 5.02 Å². The fraction of sp³-hybridized carbons (Fsp3) is 0.333. The van der Waals surface area contributed by atoms with Crippen LogP contribution in [0.25, 0.3) is 0 Å². The number of thiazole rings is 1. The SMILES string of the molecule is CC(C)(C)c1nc(Cc2cccc(Cl)c2)sc1C(=N)N. The summed E-state index contributed by atoms with van der Waals surface area (Å²) >= 11 is 7.49. The molecule has 0 saturated heterocycles. The first-order valence-electron chi connectivity index (χ1n) is 6.36. The summed E-state index contributed by atoms with van der Waals surface area (Å²) in [7, 11) is 0. The highest BCUT2D eigenvalue weighted by molar-refractivity contribution is 7.13. The maximum atomic E-state index is 7.71. The van der Waals surface area contributed by atoms with E-state index in [4.69, 9.17) is 22.7 Å². The quantitative estimate of drug-likeness (QED) is 0.665. The van der Waals surface area contributed by atoms with E-state index in [0.29, 0.717) is 6.42 Å². The zero-order valence-electron chi connectivity index (χ0n) is 11.8. The number of hydrogen-bond donors (Lipinski definition) is 2. The minimum atomic E-state index is -0.121. The van der Waals surface area contributed by atoms with Crippen molar-refractivity contribution in [1.29, 1.82) is 5.41 Å². The molecule has 20 heavy (non-hydrogen) atoms. The van der Waals surface area contributed by atoms with Gasteiger partial charge in [0.05, 0.1) is 15.6 Å². The Kier molecular flexibility index (Phi) is 4.16. The third-order valence-corrected chi connectivity index (χ3v) is 4.19. The van der Waals surface area contributed by atoms with Crippen molar-refractivity contribution in [1.82, 2.24) is 4.98 Å². The number of rotatable bonds is 3. The van der Waals surface area contributed by atoms with Crippen LogP contribution in [-0.2, 0) is 11.8 Å². The van der Waals surface area contributed by atoms with Crippen molar-refractivity contribution < 1.29 is 0 Å². The Morgan fingerprint density at radius 2 is 2.10 bits per heavy atom. The molecule has 0 saturated carbocycles. The molecule has 5 heteroatoms. The Hall–Kier alpha value is -1.39. The summed E-state index contributed by atoms with van der Waals surface area (Å²) < 4.78 is 0. The summed E-state index contributed by atoms with van der Waals surface area (Å²) in [6, 6.07) is 7.75. The standard InChI is InChI=1S/C15H18ClN3S/c1-15(2,3)13-12(14(17)18)20-11(19-13)8-9-5-4-6-10(16)7-9/h4-7H,8H2,1-3H3,(H3,17,18). The van der Waals surface area contributed by atoms with E-state index < -0.39 is 0 Å². The molecule has 0 spiro atoms. The van der Waals surface area contributed by atoms with Crippen molar-refractivity contribution >= 4 is 28.8 Å². The van der Waals surface area contributed by atoms with E-state index in [1.54, 1.807) is 0 Å². The van der Waals surface area contributed by atoms with Gasteiger partial charge in [-0.2, -0.15) is 0 Å².